The molecule has 1 fully saturated rings. The van der Waals surface area contributed by atoms with Crippen LogP contribution < -0.4 is 0 Å². The number of aromatic nitrogens is 1. The van der Waals surface area contributed by atoms with Gasteiger partial charge in [0.15, 0.2) is 0 Å². The van der Waals surface area contributed by atoms with Crippen LogP contribution >= 0.6 is 11.3 Å². The van der Waals surface area contributed by atoms with Crippen LogP contribution in [0.1, 0.15) is 27.2 Å². The van der Waals surface area contributed by atoms with Crippen LogP contribution in [0.2, 0.25) is 0 Å². The third kappa shape index (κ3) is 3.31. The Hall–Kier alpha value is -1.72. The Morgan fingerprint density at radius 3 is 2.70 bits per heavy atom. The number of carbonyl (C=O) groups excluding carboxylic acids is 1. The van der Waals surface area contributed by atoms with Crippen molar-refractivity contribution in [2.75, 3.05) is 20.6 Å². The second kappa shape index (κ2) is 6.81. The highest BCUT2D eigenvalue weighted by molar-refractivity contribution is 7.12. The highest BCUT2D eigenvalue weighted by Crippen LogP contribution is 2.28. The van der Waals surface area contributed by atoms with Gasteiger partial charge >= 0.3 is 0 Å². The molecule has 2 aromatic heterocycles. The molecule has 23 heavy (non-hydrogen) atoms. The first kappa shape index (κ1) is 16.1. The van der Waals surface area contributed by atoms with Crippen molar-refractivity contribution in [1.29, 1.82) is 0 Å². The zero-order valence-electron chi connectivity index (χ0n) is 13.9. The fourth-order valence-corrected chi connectivity index (χ4v) is 4.30. The predicted octanol–water partition coefficient (Wildman–Crippen LogP) is 2.84. The van der Waals surface area contributed by atoms with Gasteiger partial charge in [0.05, 0.1) is 10.9 Å². The summed E-state index contributed by atoms with van der Waals surface area (Å²) in [6, 6.07) is 6.72. The van der Waals surface area contributed by atoms with E-state index in [0.717, 1.165) is 29.8 Å². The molecular formula is C18H23N3OS. The van der Waals surface area contributed by atoms with Crippen molar-refractivity contribution in [3.8, 4) is 0 Å². The van der Waals surface area contributed by atoms with E-state index in [4.69, 9.17) is 0 Å². The molecule has 1 amide bonds. The highest BCUT2D eigenvalue weighted by atomic mass is 32.1. The maximum Gasteiger partial charge on any atom is 0.264 e. The Morgan fingerprint density at radius 1 is 1.35 bits per heavy atom. The summed E-state index contributed by atoms with van der Waals surface area (Å²) in [5.74, 6) is 0.181. The van der Waals surface area contributed by atoms with Crippen molar-refractivity contribution >= 4 is 17.2 Å². The molecule has 0 aromatic carbocycles. The molecule has 0 saturated carbocycles. The molecule has 0 spiro atoms. The lowest BCUT2D eigenvalue weighted by Gasteiger charge is -2.31. The van der Waals surface area contributed by atoms with Gasteiger partial charge in [0.2, 0.25) is 0 Å². The lowest BCUT2D eigenvalue weighted by atomic mass is 10.00. The molecule has 1 saturated heterocycles. The number of pyridine rings is 1. The Morgan fingerprint density at radius 2 is 2.09 bits per heavy atom. The van der Waals surface area contributed by atoms with Gasteiger partial charge in [0.1, 0.15) is 0 Å². The molecule has 122 valence electrons. The normalized spacial score (nSPS) is 21.1. The van der Waals surface area contributed by atoms with Gasteiger partial charge in [-0.15, -0.1) is 11.3 Å². The van der Waals surface area contributed by atoms with E-state index in [2.05, 4.69) is 28.9 Å². The maximum absolute atomic E-state index is 13.0. The molecule has 5 heteroatoms. The Kier molecular flexibility index (Phi) is 4.78. The SMILES string of the molecule is Cc1ccsc1C(=O)N1CC[C@@H](N(C)C)[C@@H]1Cc1ccncc1. The summed E-state index contributed by atoms with van der Waals surface area (Å²) >= 11 is 1.55. The summed E-state index contributed by atoms with van der Waals surface area (Å²) in [7, 11) is 4.21. The first-order chi connectivity index (χ1) is 11.1. The smallest absolute Gasteiger partial charge is 0.264 e. The lowest BCUT2D eigenvalue weighted by Crippen LogP contribution is -2.45. The van der Waals surface area contributed by atoms with E-state index in [0.29, 0.717) is 6.04 Å². The maximum atomic E-state index is 13.0. The average molecular weight is 329 g/mol. The molecule has 2 atom stereocenters. The number of nitrogens with zero attached hydrogens (tertiary/aromatic N) is 3. The van der Waals surface area contributed by atoms with Crippen LogP contribution in [0, 0.1) is 6.92 Å². The van der Waals surface area contributed by atoms with E-state index in [-0.39, 0.29) is 11.9 Å². The largest absolute Gasteiger partial charge is 0.333 e. The molecule has 3 heterocycles. The minimum absolute atomic E-state index is 0.181. The molecular weight excluding hydrogens is 306 g/mol. The van der Waals surface area contributed by atoms with E-state index in [1.54, 1.807) is 11.3 Å². The number of aryl methyl sites for hydroxylation is 1. The van der Waals surface area contributed by atoms with Crippen LogP contribution in [-0.2, 0) is 6.42 Å². The van der Waals surface area contributed by atoms with E-state index in [1.165, 1.54) is 5.56 Å². The van der Waals surface area contributed by atoms with Crippen LogP contribution in [0.15, 0.2) is 36.0 Å². The van der Waals surface area contributed by atoms with Crippen LogP contribution in [0.3, 0.4) is 0 Å². The van der Waals surface area contributed by atoms with E-state index in [1.807, 2.05) is 42.9 Å². The number of hydrogen-bond acceptors (Lipinski definition) is 4. The van der Waals surface area contributed by atoms with Gasteiger partial charge in [-0.3, -0.25) is 9.78 Å². The topological polar surface area (TPSA) is 36.4 Å². The molecule has 0 radical (unpaired) electrons. The summed E-state index contributed by atoms with van der Waals surface area (Å²) in [5, 5.41) is 2.00. The third-order valence-corrected chi connectivity index (χ3v) is 5.69. The predicted molar refractivity (Wildman–Crippen MR) is 93.9 cm³/mol. The quantitative estimate of drug-likeness (QED) is 0.865. The van der Waals surface area contributed by atoms with Crippen LogP contribution in [0.4, 0.5) is 0 Å². The highest BCUT2D eigenvalue weighted by Gasteiger charge is 2.38. The number of rotatable bonds is 4. The molecule has 4 nitrogen and oxygen atoms in total. The number of carbonyl (C=O) groups is 1. The monoisotopic (exact) mass is 329 g/mol. The van der Waals surface area contributed by atoms with Crippen molar-refractivity contribution in [2.24, 2.45) is 0 Å². The number of hydrogen-bond donors (Lipinski definition) is 0. The summed E-state index contributed by atoms with van der Waals surface area (Å²) in [6.45, 7) is 2.84. The average Bonchev–Trinajstić information content (AvgIpc) is 3.14. The number of amides is 1. The minimum atomic E-state index is 0.181. The van der Waals surface area contributed by atoms with Crippen molar-refractivity contribution in [3.63, 3.8) is 0 Å². The van der Waals surface area contributed by atoms with E-state index in [9.17, 15) is 4.79 Å². The zero-order valence-corrected chi connectivity index (χ0v) is 14.7. The van der Waals surface area contributed by atoms with Crippen molar-refractivity contribution in [1.82, 2.24) is 14.8 Å². The molecule has 1 aliphatic rings. The molecule has 0 bridgehead atoms. The molecule has 1 aliphatic heterocycles. The number of thiophene rings is 1. The van der Waals surface area contributed by atoms with Gasteiger partial charge in [-0.1, -0.05) is 0 Å². The van der Waals surface area contributed by atoms with Crippen molar-refractivity contribution in [2.45, 2.75) is 31.8 Å². The van der Waals surface area contributed by atoms with E-state index < -0.39 is 0 Å². The summed E-state index contributed by atoms with van der Waals surface area (Å²) in [4.78, 5) is 22.3. The summed E-state index contributed by atoms with van der Waals surface area (Å²) in [5.41, 5.74) is 2.32. The second-order valence-corrected chi connectivity index (χ2v) is 7.29. The second-order valence-electron chi connectivity index (χ2n) is 6.38. The van der Waals surface area contributed by atoms with Crippen molar-refractivity contribution < 1.29 is 4.79 Å². The summed E-state index contributed by atoms with van der Waals surface area (Å²) < 4.78 is 0. The fourth-order valence-electron chi connectivity index (χ4n) is 3.42. The summed E-state index contributed by atoms with van der Waals surface area (Å²) in [6.07, 6.45) is 5.55. The molecule has 3 rings (SSSR count). The van der Waals surface area contributed by atoms with Gasteiger partial charge in [0, 0.05) is 25.0 Å². The standard InChI is InChI=1S/C18H23N3OS/c1-13-7-11-23-17(13)18(22)21-10-6-15(20(2)3)16(21)12-14-4-8-19-9-5-14/h4-5,7-9,11,15-16H,6,10,12H2,1-3H3/t15-,16+/m1/s1. The lowest BCUT2D eigenvalue weighted by molar-refractivity contribution is 0.0709. The van der Waals surface area contributed by atoms with Crippen LogP contribution in [0.5, 0.6) is 0 Å². The van der Waals surface area contributed by atoms with Gasteiger partial charge in [-0.2, -0.15) is 0 Å². The Bertz CT molecular complexity index is 668. The van der Waals surface area contributed by atoms with Crippen molar-refractivity contribution in [3.05, 3.63) is 52.0 Å². The van der Waals surface area contributed by atoms with Gasteiger partial charge in [-0.05, 0) is 68.6 Å². The Labute approximate surface area is 141 Å². The van der Waals surface area contributed by atoms with Gasteiger partial charge < -0.3 is 9.80 Å². The number of likely N-dealkylation sites (tertiary alicyclic amines) is 1. The molecule has 0 N–H and O–H groups in total. The van der Waals surface area contributed by atoms with Gasteiger partial charge in [-0.25, -0.2) is 0 Å². The molecule has 0 aliphatic carbocycles. The van der Waals surface area contributed by atoms with E-state index >= 15 is 0 Å². The Balaban J connectivity index is 1.86. The minimum Gasteiger partial charge on any atom is -0.333 e. The van der Waals surface area contributed by atoms with Crippen LogP contribution in [-0.4, -0.2) is 53.4 Å². The number of likely N-dealkylation sites (N-methyl/N-ethyl adjacent to an activating group) is 1. The third-order valence-electron chi connectivity index (χ3n) is 4.68. The zero-order chi connectivity index (χ0) is 16.4. The first-order valence-electron chi connectivity index (χ1n) is 7.98. The molecule has 0 unspecified atom stereocenters. The molecule has 2 aromatic rings. The first-order valence-corrected chi connectivity index (χ1v) is 8.86. The van der Waals surface area contributed by atoms with Gasteiger partial charge in [0.25, 0.3) is 5.91 Å². The fraction of sp³-hybridized carbons (Fsp3) is 0.444. The van der Waals surface area contributed by atoms with Crippen LogP contribution in [0.25, 0.3) is 0 Å².